The van der Waals surface area contributed by atoms with Crippen molar-refractivity contribution < 1.29 is 24.3 Å². The molecule has 8 nitrogen and oxygen atoms in total. The van der Waals surface area contributed by atoms with Crippen LogP contribution in [0.15, 0.2) is 0 Å². The smallest absolute Gasteiger partial charge is 0.325 e. The summed E-state index contributed by atoms with van der Waals surface area (Å²) < 4.78 is 0. The molecule has 23 heavy (non-hydrogen) atoms. The van der Waals surface area contributed by atoms with Gasteiger partial charge >= 0.3 is 12.0 Å². The first-order valence-electron chi connectivity index (χ1n) is 8.03. The number of carboxylic acid groups (broad SMARTS) is 1. The fourth-order valence-corrected chi connectivity index (χ4v) is 3.29. The lowest BCUT2D eigenvalue weighted by molar-refractivity contribution is -0.144. The summed E-state index contributed by atoms with van der Waals surface area (Å²) in [6.45, 7) is 1.82. The zero-order valence-electron chi connectivity index (χ0n) is 13.3. The second-order valence-electron chi connectivity index (χ2n) is 6.14. The molecule has 0 radical (unpaired) electrons. The third kappa shape index (κ3) is 3.62. The van der Waals surface area contributed by atoms with Crippen LogP contribution in [0.25, 0.3) is 0 Å². The van der Waals surface area contributed by atoms with Gasteiger partial charge in [-0.2, -0.15) is 0 Å². The van der Waals surface area contributed by atoms with Crippen LogP contribution < -0.4 is 5.32 Å². The molecule has 8 heteroatoms. The number of urea groups is 1. The fourth-order valence-electron chi connectivity index (χ4n) is 3.29. The lowest BCUT2D eigenvalue weighted by atomic mass is 9.98. The van der Waals surface area contributed by atoms with Gasteiger partial charge in [0.2, 0.25) is 5.91 Å². The van der Waals surface area contributed by atoms with E-state index in [4.69, 9.17) is 5.11 Å². The van der Waals surface area contributed by atoms with Crippen molar-refractivity contribution in [3.63, 3.8) is 0 Å². The number of nitrogens with zero attached hydrogens (tertiary/aromatic N) is 2. The Morgan fingerprint density at radius 3 is 2.52 bits per heavy atom. The lowest BCUT2D eigenvalue weighted by Crippen LogP contribution is -2.44. The van der Waals surface area contributed by atoms with Crippen molar-refractivity contribution in [3.8, 4) is 0 Å². The molecule has 0 unspecified atom stereocenters. The van der Waals surface area contributed by atoms with Crippen molar-refractivity contribution in [2.75, 3.05) is 19.6 Å². The highest BCUT2D eigenvalue weighted by Gasteiger charge is 2.52. The normalized spacial score (nSPS) is 19.3. The van der Waals surface area contributed by atoms with Crippen LogP contribution in [0.4, 0.5) is 4.79 Å². The monoisotopic (exact) mass is 325 g/mol. The molecule has 0 bridgehead atoms. The van der Waals surface area contributed by atoms with Crippen molar-refractivity contribution in [3.05, 3.63) is 0 Å². The summed E-state index contributed by atoms with van der Waals surface area (Å²) in [6, 6.07) is -0.454. The Kier molecular flexibility index (Phi) is 5.23. The van der Waals surface area contributed by atoms with Gasteiger partial charge in [-0.1, -0.05) is 19.8 Å². The Balaban J connectivity index is 1.94. The minimum atomic E-state index is -1.08. The van der Waals surface area contributed by atoms with Crippen molar-refractivity contribution in [1.29, 1.82) is 0 Å². The Labute approximate surface area is 134 Å². The molecule has 0 atom stereocenters. The predicted octanol–water partition coefficient (Wildman–Crippen LogP) is 0.564. The summed E-state index contributed by atoms with van der Waals surface area (Å²) in [6.07, 6.45) is 3.68. The summed E-state index contributed by atoms with van der Waals surface area (Å²) >= 11 is 0. The molecular formula is C15H23N3O5. The highest BCUT2D eigenvalue weighted by Crippen LogP contribution is 2.35. The summed E-state index contributed by atoms with van der Waals surface area (Å²) in [5, 5.41) is 11.6. The van der Waals surface area contributed by atoms with Gasteiger partial charge in [0, 0.05) is 19.5 Å². The average Bonchev–Trinajstić information content (AvgIpc) is 3.03. The molecule has 2 N–H and O–H groups in total. The highest BCUT2D eigenvalue weighted by atomic mass is 16.4. The van der Waals surface area contributed by atoms with Gasteiger partial charge in [-0.15, -0.1) is 0 Å². The van der Waals surface area contributed by atoms with Crippen LogP contribution in [-0.2, 0) is 14.4 Å². The molecular weight excluding hydrogens is 302 g/mol. The molecule has 2 rings (SSSR count). The second kappa shape index (κ2) is 6.97. The van der Waals surface area contributed by atoms with E-state index in [1.54, 1.807) is 0 Å². The highest BCUT2D eigenvalue weighted by molar-refractivity contribution is 6.07. The van der Waals surface area contributed by atoms with Crippen LogP contribution >= 0.6 is 0 Å². The SMILES string of the molecule is CCCN(CC(=O)O)C(=O)CCN1C(=O)NC2(CCCC2)C1=O. The molecule has 1 saturated heterocycles. The van der Waals surface area contributed by atoms with Crippen molar-refractivity contribution in [2.24, 2.45) is 0 Å². The van der Waals surface area contributed by atoms with Gasteiger partial charge in [0.15, 0.2) is 0 Å². The molecule has 1 spiro atoms. The van der Waals surface area contributed by atoms with E-state index in [9.17, 15) is 19.2 Å². The number of aliphatic carboxylic acids is 1. The molecule has 2 fully saturated rings. The second-order valence-corrected chi connectivity index (χ2v) is 6.14. The van der Waals surface area contributed by atoms with Gasteiger partial charge in [0.25, 0.3) is 5.91 Å². The number of nitrogens with one attached hydrogen (secondary N) is 1. The van der Waals surface area contributed by atoms with Crippen molar-refractivity contribution in [1.82, 2.24) is 15.1 Å². The summed E-state index contributed by atoms with van der Waals surface area (Å²) in [7, 11) is 0. The van der Waals surface area contributed by atoms with E-state index in [2.05, 4.69) is 5.32 Å². The third-order valence-electron chi connectivity index (χ3n) is 4.42. The molecule has 0 aromatic carbocycles. The van der Waals surface area contributed by atoms with Crippen molar-refractivity contribution >= 4 is 23.8 Å². The zero-order valence-corrected chi connectivity index (χ0v) is 13.3. The van der Waals surface area contributed by atoms with E-state index in [1.807, 2.05) is 6.92 Å². The molecule has 1 aliphatic carbocycles. The maximum Gasteiger partial charge on any atom is 0.325 e. The Morgan fingerprint density at radius 2 is 1.96 bits per heavy atom. The van der Waals surface area contributed by atoms with E-state index >= 15 is 0 Å². The van der Waals surface area contributed by atoms with E-state index in [0.29, 0.717) is 25.8 Å². The van der Waals surface area contributed by atoms with Crippen LogP contribution in [0, 0.1) is 0 Å². The van der Waals surface area contributed by atoms with Crippen LogP contribution in [-0.4, -0.2) is 63.9 Å². The average molecular weight is 325 g/mol. The molecule has 1 aliphatic heterocycles. The minimum absolute atomic E-state index is 0.00885. The zero-order chi connectivity index (χ0) is 17.0. The molecule has 0 aromatic heterocycles. The van der Waals surface area contributed by atoms with E-state index in [-0.39, 0.29) is 31.3 Å². The molecule has 0 aromatic rings. The number of carbonyl (C=O) groups is 4. The third-order valence-corrected chi connectivity index (χ3v) is 4.42. The molecule has 1 saturated carbocycles. The first kappa shape index (κ1) is 17.2. The lowest BCUT2D eigenvalue weighted by Gasteiger charge is -2.22. The Hall–Kier alpha value is -2.12. The minimum Gasteiger partial charge on any atom is -0.480 e. The van der Waals surface area contributed by atoms with Gasteiger partial charge < -0.3 is 15.3 Å². The summed E-state index contributed by atoms with van der Waals surface area (Å²) in [5.74, 6) is -1.69. The van der Waals surface area contributed by atoms with E-state index < -0.39 is 17.5 Å². The van der Waals surface area contributed by atoms with Gasteiger partial charge in [0.05, 0.1) is 0 Å². The van der Waals surface area contributed by atoms with E-state index in [1.165, 1.54) is 4.90 Å². The number of rotatable bonds is 7. The number of hydrogen-bond donors (Lipinski definition) is 2. The number of carbonyl (C=O) groups excluding carboxylic acids is 3. The quantitative estimate of drug-likeness (QED) is 0.665. The molecule has 2 aliphatic rings. The predicted molar refractivity (Wildman–Crippen MR) is 80.6 cm³/mol. The number of hydrogen-bond acceptors (Lipinski definition) is 4. The van der Waals surface area contributed by atoms with Crippen molar-refractivity contribution in [2.45, 2.75) is 51.0 Å². The summed E-state index contributed by atoms with van der Waals surface area (Å²) in [4.78, 5) is 49.7. The number of carboxylic acids is 1. The fraction of sp³-hybridized carbons (Fsp3) is 0.733. The van der Waals surface area contributed by atoms with Gasteiger partial charge in [-0.05, 0) is 19.3 Å². The first-order chi connectivity index (χ1) is 10.9. The van der Waals surface area contributed by atoms with Gasteiger partial charge in [0.1, 0.15) is 12.1 Å². The van der Waals surface area contributed by atoms with Crippen LogP contribution in [0.1, 0.15) is 45.4 Å². The Bertz CT molecular complexity index is 513. The molecule has 4 amide bonds. The van der Waals surface area contributed by atoms with Crippen LogP contribution in [0.2, 0.25) is 0 Å². The molecule has 128 valence electrons. The molecule has 1 heterocycles. The Morgan fingerprint density at radius 1 is 1.30 bits per heavy atom. The van der Waals surface area contributed by atoms with Gasteiger partial charge in [-0.3, -0.25) is 19.3 Å². The van der Waals surface area contributed by atoms with Crippen LogP contribution in [0.3, 0.4) is 0 Å². The largest absolute Gasteiger partial charge is 0.480 e. The standard InChI is InChI=1S/C15H23N3O5/c1-2-8-17(10-12(20)21)11(19)5-9-18-13(22)15(16-14(18)23)6-3-4-7-15/h2-10H2,1H3,(H,16,23)(H,20,21). The first-order valence-corrected chi connectivity index (χ1v) is 8.03. The maximum atomic E-state index is 12.4. The topological polar surface area (TPSA) is 107 Å². The summed E-state index contributed by atoms with van der Waals surface area (Å²) in [5.41, 5.74) is -0.774. The maximum absolute atomic E-state index is 12.4. The number of amides is 4. The van der Waals surface area contributed by atoms with Gasteiger partial charge in [-0.25, -0.2) is 4.79 Å². The number of imide groups is 1. The van der Waals surface area contributed by atoms with Crippen LogP contribution in [0.5, 0.6) is 0 Å². The van der Waals surface area contributed by atoms with E-state index in [0.717, 1.165) is 17.7 Å².